The Kier molecular flexibility index (Phi) is 5.99. The molecule has 1 atom stereocenters. The molecule has 1 unspecified atom stereocenters. The van der Waals surface area contributed by atoms with Crippen molar-refractivity contribution in [2.75, 3.05) is 0 Å². The van der Waals surface area contributed by atoms with Crippen molar-refractivity contribution in [2.45, 2.75) is 59.5 Å². The van der Waals surface area contributed by atoms with Crippen LogP contribution in [-0.4, -0.2) is 11.0 Å². The van der Waals surface area contributed by atoms with Gasteiger partial charge < -0.3 is 5.32 Å². The van der Waals surface area contributed by atoms with E-state index in [9.17, 15) is 0 Å². The maximum absolute atomic E-state index is 4.45. The van der Waals surface area contributed by atoms with Gasteiger partial charge in [0.25, 0.3) is 0 Å². The Balaban J connectivity index is 2.12. The van der Waals surface area contributed by atoms with E-state index in [4.69, 9.17) is 0 Å². The number of nitrogens with zero attached hydrogens (tertiary/aromatic N) is 1. The van der Waals surface area contributed by atoms with Crippen LogP contribution in [0.3, 0.4) is 0 Å². The van der Waals surface area contributed by atoms with Crippen molar-refractivity contribution in [1.29, 1.82) is 0 Å². The number of rotatable bonds is 7. The average Bonchev–Trinajstić information content (AvgIpc) is 2.61. The van der Waals surface area contributed by atoms with Crippen LogP contribution >= 0.6 is 11.3 Å². The van der Waals surface area contributed by atoms with E-state index in [1.807, 2.05) is 6.92 Å². The monoisotopic (exact) mass is 240 g/mol. The lowest BCUT2D eigenvalue weighted by molar-refractivity contribution is 0.457. The van der Waals surface area contributed by atoms with Crippen LogP contribution in [0.5, 0.6) is 0 Å². The maximum Gasteiger partial charge on any atom is 0.107 e. The second kappa shape index (κ2) is 7.02. The topological polar surface area (TPSA) is 24.9 Å². The van der Waals surface area contributed by atoms with Crippen LogP contribution in [0.1, 0.15) is 50.7 Å². The zero-order valence-corrected chi connectivity index (χ0v) is 11.7. The largest absolute Gasteiger partial charge is 0.308 e. The van der Waals surface area contributed by atoms with Gasteiger partial charge in [-0.2, -0.15) is 0 Å². The van der Waals surface area contributed by atoms with Crippen LogP contribution in [0.25, 0.3) is 0 Å². The van der Waals surface area contributed by atoms with Gasteiger partial charge in [0.2, 0.25) is 0 Å². The van der Waals surface area contributed by atoms with Crippen LogP contribution in [0.2, 0.25) is 0 Å². The third-order valence-corrected chi connectivity index (χ3v) is 3.65. The summed E-state index contributed by atoms with van der Waals surface area (Å²) in [4.78, 5) is 4.45. The van der Waals surface area contributed by atoms with Gasteiger partial charge in [0, 0.05) is 23.7 Å². The fourth-order valence-electron chi connectivity index (χ4n) is 1.68. The lowest BCUT2D eigenvalue weighted by atomic mass is 10.0. The molecule has 0 spiro atoms. The highest BCUT2D eigenvalue weighted by atomic mass is 32.1. The Hall–Kier alpha value is -0.410. The van der Waals surface area contributed by atoms with E-state index < -0.39 is 0 Å². The predicted octanol–water partition coefficient (Wildman–Crippen LogP) is 3.76. The summed E-state index contributed by atoms with van der Waals surface area (Å²) in [5, 5.41) is 6.85. The van der Waals surface area contributed by atoms with Crippen molar-refractivity contribution in [3.05, 3.63) is 16.1 Å². The summed E-state index contributed by atoms with van der Waals surface area (Å²) >= 11 is 1.75. The summed E-state index contributed by atoms with van der Waals surface area (Å²) in [7, 11) is 0. The first-order chi connectivity index (χ1) is 7.58. The third-order valence-electron chi connectivity index (χ3n) is 2.69. The van der Waals surface area contributed by atoms with Gasteiger partial charge in [0.15, 0.2) is 0 Å². The van der Waals surface area contributed by atoms with Crippen LogP contribution in [0, 0.1) is 12.8 Å². The third kappa shape index (κ3) is 5.61. The molecule has 0 aliphatic rings. The molecule has 1 aromatic heterocycles. The Labute approximate surface area is 103 Å². The molecule has 92 valence electrons. The molecule has 0 aliphatic heterocycles. The summed E-state index contributed by atoms with van der Waals surface area (Å²) in [5.41, 5.74) is 1.13. The van der Waals surface area contributed by atoms with E-state index in [0.717, 1.165) is 18.2 Å². The van der Waals surface area contributed by atoms with Gasteiger partial charge in [0.1, 0.15) is 5.01 Å². The van der Waals surface area contributed by atoms with Crippen molar-refractivity contribution < 1.29 is 0 Å². The number of hydrogen-bond donors (Lipinski definition) is 1. The Morgan fingerprint density at radius 3 is 2.62 bits per heavy atom. The molecular weight excluding hydrogens is 216 g/mol. The van der Waals surface area contributed by atoms with Crippen LogP contribution in [0.4, 0.5) is 0 Å². The predicted molar refractivity (Wildman–Crippen MR) is 71.8 cm³/mol. The standard InChI is InChI=1S/C13H24N2S/c1-10(2)6-5-7-11(3)14-8-13-15-12(4)9-16-13/h9-11,14H,5-8H2,1-4H3. The molecule has 0 aromatic carbocycles. The minimum Gasteiger partial charge on any atom is -0.308 e. The van der Waals surface area contributed by atoms with Crippen molar-refractivity contribution in [3.8, 4) is 0 Å². The molecule has 0 fully saturated rings. The summed E-state index contributed by atoms with van der Waals surface area (Å²) in [5.74, 6) is 0.828. The SMILES string of the molecule is Cc1csc(CNC(C)CCCC(C)C)n1. The molecule has 1 N–H and O–H groups in total. The smallest absolute Gasteiger partial charge is 0.107 e. The number of aryl methyl sites for hydroxylation is 1. The minimum absolute atomic E-state index is 0.600. The summed E-state index contributed by atoms with van der Waals surface area (Å²) < 4.78 is 0. The summed E-state index contributed by atoms with van der Waals surface area (Å²) in [6, 6.07) is 0.600. The lowest BCUT2D eigenvalue weighted by Crippen LogP contribution is -2.25. The van der Waals surface area contributed by atoms with Gasteiger partial charge in [-0.05, 0) is 26.2 Å². The van der Waals surface area contributed by atoms with E-state index in [1.54, 1.807) is 11.3 Å². The minimum atomic E-state index is 0.600. The van der Waals surface area contributed by atoms with Crippen LogP contribution in [0.15, 0.2) is 5.38 Å². The molecule has 0 bridgehead atoms. The van der Waals surface area contributed by atoms with Gasteiger partial charge in [-0.1, -0.05) is 26.7 Å². The van der Waals surface area contributed by atoms with Gasteiger partial charge in [-0.3, -0.25) is 0 Å². The lowest BCUT2D eigenvalue weighted by Gasteiger charge is -2.13. The average molecular weight is 240 g/mol. The zero-order chi connectivity index (χ0) is 12.0. The molecule has 2 nitrogen and oxygen atoms in total. The number of aromatic nitrogens is 1. The molecule has 0 amide bonds. The van der Waals surface area contributed by atoms with Gasteiger partial charge >= 0.3 is 0 Å². The molecule has 0 aliphatic carbocycles. The molecule has 3 heteroatoms. The fourth-order valence-corrected chi connectivity index (χ4v) is 2.40. The number of hydrogen-bond acceptors (Lipinski definition) is 3. The van der Waals surface area contributed by atoms with E-state index in [0.29, 0.717) is 6.04 Å². The molecule has 1 rings (SSSR count). The Bertz CT molecular complexity index is 294. The Morgan fingerprint density at radius 2 is 2.06 bits per heavy atom. The summed E-state index contributed by atoms with van der Waals surface area (Å²) in [6.07, 6.45) is 3.92. The van der Waals surface area contributed by atoms with E-state index in [-0.39, 0.29) is 0 Å². The molecule has 0 saturated carbocycles. The maximum atomic E-state index is 4.45. The highest BCUT2D eigenvalue weighted by molar-refractivity contribution is 7.09. The van der Waals surface area contributed by atoms with Crippen LogP contribution in [-0.2, 0) is 6.54 Å². The first-order valence-corrected chi connectivity index (χ1v) is 7.10. The molecule has 0 saturated heterocycles. The molecular formula is C13H24N2S. The molecule has 0 radical (unpaired) electrons. The molecule has 1 heterocycles. The first kappa shape index (κ1) is 13.7. The van der Waals surface area contributed by atoms with Gasteiger partial charge in [0.05, 0.1) is 0 Å². The van der Waals surface area contributed by atoms with Crippen molar-refractivity contribution in [2.24, 2.45) is 5.92 Å². The molecule has 1 aromatic rings. The second-order valence-corrected chi connectivity index (χ2v) is 5.93. The van der Waals surface area contributed by atoms with E-state index in [1.165, 1.54) is 24.3 Å². The van der Waals surface area contributed by atoms with Crippen molar-refractivity contribution in [1.82, 2.24) is 10.3 Å². The highest BCUT2D eigenvalue weighted by Crippen LogP contribution is 2.11. The van der Waals surface area contributed by atoms with Crippen LogP contribution < -0.4 is 5.32 Å². The van der Waals surface area contributed by atoms with Gasteiger partial charge in [-0.25, -0.2) is 4.98 Å². The molecule has 16 heavy (non-hydrogen) atoms. The van der Waals surface area contributed by atoms with Gasteiger partial charge in [-0.15, -0.1) is 11.3 Å². The second-order valence-electron chi connectivity index (χ2n) is 4.99. The van der Waals surface area contributed by atoms with E-state index in [2.05, 4.69) is 36.5 Å². The zero-order valence-electron chi connectivity index (χ0n) is 10.9. The van der Waals surface area contributed by atoms with Crippen molar-refractivity contribution >= 4 is 11.3 Å². The number of thiazole rings is 1. The normalized spacial score (nSPS) is 13.3. The first-order valence-electron chi connectivity index (χ1n) is 6.22. The number of nitrogens with one attached hydrogen (secondary N) is 1. The van der Waals surface area contributed by atoms with Crippen molar-refractivity contribution in [3.63, 3.8) is 0 Å². The summed E-state index contributed by atoms with van der Waals surface area (Å²) in [6.45, 7) is 9.81. The Morgan fingerprint density at radius 1 is 1.31 bits per heavy atom. The quantitative estimate of drug-likeness (QED) is 0.785. The highest BCUT2D eigenvalue weighted by Gasteiger charge is 2.04. The fraction of sp³-hybridized carbons (Fsp3) is 0.769. The van der Waals surface area contributed by atoms with E-state index >= 15 is 0 Å².